The van der Waals surface area contributed by atoms with Crippen molar-refractivity contribution in [1.29, 1.82) is 0 Å². The van der Waals surface area contributed by atoms with Crippen molar-refractivity contribution in [2.24, 2.45) is 0 Å². The highest BCUT2D eigenvalue weighted by Gasteiger charge is 2.23. The van der Waals surface area contributed by atoms with E-state index in [1.807, 2.05) is 6.92 Å². The van der Waals surface area contributed by atoms with E-state index in [2.05, 4.69) is 20.8 Å². The van der Waals surface area contributed by atoms with Crippen LogP contribution in [-0.2, 0) is 0 Å². The lowest BCUT2D eigenvalue weighted by atomic mass is 10.2. The summed E-state index contributed by atoms with van der Waals surface area (Å²) in [5.74, 6) is 0. The van der Waals surface area contributed by atoms with Gasteiger partial charge in [-0.25, -0.2) is 0 Å². The number of halogens is 1. The molecule has 0 bridgehead atoms. The fourth-order valence-electron chi connectivity index (χ4n) is 1.63. The van der Waals surface area contributed by atoms with Gasteiger partial charge in [-0.05, 0) is 27.2 Å². The van der Waals surface area contributed by atoms with Crippen molar-refractivity contribution in [2.75, 3.05) is 26.2 Å². The molecule has 0 aliphatic heterocycles. The first kappa shape index (κ1) is 15.9. The standard InChI is InChI=1S/C10H24NO.BrH/c1-5-10(12)9-11(6-2,7-3)8-4;/h10,12H,5-9H2,1-4H3;1H/q+1;/p-1. The van der Waals surface area contributed by atoms with E-state index in [4.69, 9.17) is 0 Å². The summed E-state index contributed by atoms with van der Waals surface area (Å²) in [7, 11) is 0. The molecule has 0 rings (SSSR count). The van der Waals surface area contributed by atoms with Gasteiger partial charge in [-0.2, -0.15) is 0 Å². The van der Waals surface area contributed by atoms with E-state index in [0.717, 1.165) is 37.1 Å². The highest BCUT2D eigenvalue weighted by atomic mass is 79.9. The van der Waals surface area contributed by atoms with Crippen molar-refractivity contribution in [2.45, 2.75) is 40.2 Å². The van der Waals surface area contributed by atoms with Crippen LogP contribution in [0.3, 0.4) is 0 Å². The minimum absolute atomic E-state index is 0. The van der Waals surface area contributed by atoms with Crippen molar-refractivity contribution in [1.82, 2.24) is 0 Å². The Morgan fingerprint density at radius 3 is 1.62 bits per heavy atom. The SMILES string of the molecule is CCC(O)C[N+](CC)(CC)CC.[Br-]. The quantitative estimate of drug-likeness (QED) is 0.580. The molecule has 1 atom stereocenters. The summed E-state index contributed by atoms with van der Waals surface area (Å²) < 4.78 is 1.05. The second kappa shape index (κ2) is 7.77. The lowest BCUT2D eigenvalue weighted by molar-refractivity contribution is -0.926. The topological polar surface area (TPSA) is 20.2 Å². The molecule has 0 saturated carbocycles. The summed E-state index contributed by atoms with van der Waals surface area (Å²) in [6.45, 7) is 13.0. The van der Waals surface area contributed by atoms with E-state index in [0.29, 0.717) is 0 Å². The molecule has 1 N–H and O–H groups in total. The van der Waals surface area contributed by atoms with Gasteiger partial charge in [0.1, 0.15) is 12.6 Å². The van der Waals surface area contributed by atoms with Crippen LogP contribution in [0.2, 0.25) is 0 Å². The molecule has 0 heterocycles. The minimum atomic E-state index is -0.121. The molecule has 0 aromatic carbocycles. The van der Waals surface area contributed by atoms with Crippen LogP contribution >= 0.6 is 0 Å². The van der Waals surface area contributed by atoms with Crippen LogP contribution in [0.1, 0.15) is 34.1 Å². The van der Waals surface area contributed by atoms with Gasteiger partial charge in [-0.15, -0.1) is 0 Å². The Balaban J connectivity index is 0. The average Bonchev–Trinajstić information content (AvgIpc) is 2.14. The van der Waals surface area contributed by atoms with Crippen LogP contribution in [0.15, 0.2) is 0 Å². The maximum Gasteiger partial charge on any atom is 0.105 e. The summed E-state index contributed by atoms with van der Waals surface area (Å²) in [4.78, 5) is 0. The van der Waals surface area contributed by atoms with Gasteiger partial charge in [0.2, 0.25) is 0 Å². The van der Waals surface area contributed by atoms with E-state index in [-0.39, 0.29) is 23.1 Å². The van der Waals surface area contributed by atoms with Crippen LogP contribution in [0.4, 0.5) is 0 Å². The fraction of sp³-hybridized carbons (Fsp3) is 1.00. The van der Waals surface area contributed by atoms with Crippen molar-refractivity contribution in [3.05, 3.63) is 0 Å². The number of aliphatic hydroxyl groups is 1. The summed E-state index contributed by atoms with van der Waals surface area (Å²) in [6.07, 6.45) is 0.754. The van der Waals surface area contributed by atoms with Gasteiger partial charge in [-0.3, -0.25) is 0 Å². The summed E-state index contributed by atoms with van der Waals surface area (Å²) in [5.41, 5.74) is 0. The molecule has 0 radical (unpaired) electrons. The first-order chi connectivity index (χ1) is 5.64. The molecule has 3 heteroatoms. The smallest absolute Gasteiger partial charge is 0.105 e. The van der Waals surface area contributed by atoms with E-state index in [1.54, 1.807) is 0 Å². The maximum atomic E-state index is 9.57. The van der Waals surface area contributed by atoms with Gasteiger partial charge in [0.05, 0.1) is 19.6 Å². The van der Waals surface area contributed by atoms with Crippen molar-refractivity contribution >= 4 is 0 Å². The number of hydrogen-bond donors (Lipinski definition) is 1. The zero-order valence-corrected chi connectivity index (χ0v) is 11.0. The van der Waals surface area contributed by atoms with Crippen LogP contribution in [0, 0.1) is 0 Å². The van der Waals surface area contributed by atoms with Gasteiger partial charge < -0.3 is 26.6 Å². The molecule has 0 saturated heterocycles. The van der Waals surface area contributed by atoms with Crippen molar-refractivity contribution in [3.8, 4) is 0 Å². The Morgan fingerprint density at radius 1 is 1.00 bits per heavy atom. The first-order valence-electron chi connectivity index (χ1n) is 5.17. The van der Waals surface area contributed by atoms with Gasteiger partial charge in [0.15, 0.2) is 0 Å². The number of hydrogen-bond acceptors (Lipinski definition) is 1. The third kappa shape index (κ3) is 4.99. The first-order valence-corrected chi connectivity index (χ1v) is 5.17. The molecule has 0 spiro atoms. The summed E-state index contributed by atoms with van der Waals surface area (Å²) >= 11 is 0. The van der Waals surface area contributed by atoms with Gasteiger partial charge in [-0.1, -0.05) is 6.92 Å². The maximum absolute atomic E-state index is 9.57. The third-order valence-electron chi connectivity index (χ3n) is 3.08. The van der Waals surface area contributed by atoms with E-state index < -0.39 is 0 Å². The Bertz CT molecular complexity index is 107. The molecule has 82 valence electrons. The number of aliphatic hydroxyl groups excluding tert-OH is 1. The molecule has 1 unspecified atom stereocenters. The largest absolute Gasteiger partial charge is 1.00 e. The lowest BCUT2D eigenvalue weighted by Gasteiger charge is -2.37. The number of nitrogens with zero attached hydrogens (tertiary/aromatic N) is 1. The summed E-state index contributed by atoms with van der Waals surface area (Å²) in [6, 6.07) is 0. The molecule has 0 fully saturated rings. The molecule has 0 aliphatic carbocycles. The lowest BCUT2D eigenvalue weighted by Crippen LogP contribution is -3.00. The zero-order chi connectivity index (χ0) is 9.61. The molecule has 0 aliphatic rings. The Kier molecular flexibility index (Phi) is 9.48. The van der Waals surface area contributed by atoms with Crippen LogP contribution in [0.25, 0.3) is 0 Å². The Labute approximate surface area is 93.3 Å². The predicted molar refractivity (Wildman–Crippen MR) is 53.0 cm³/mol. The highest BCUT2D eigenvalue weighted by Crippen LogP contribution is 2.08. The fourth-order valence-corrected chi connectivity index (χ4v) is 1.63. The monoisotopic (exact) mass is 253 g/mol. The van der Waals surface area contributed by atoms with Crippen LogP contribution < -0.4 is 17.0 Å². The molecule has 0 amide bonds. The number of rotatable bonds is 6. The van der Waals surface area contributed by atoms with Gasteiger partial charge in [0.25, 0.3) is 0 Å². The second-order valence-corrected chi connectivity index (χ2v) is 3.53. The molecular formula is C10H24BrNO. The minimum Gasteiger partial charge on any atom is -1.00 e. The molecule has 0 aromatic rings. The van der Waals surface area contributed by atoms with Crippen LogP contribution in [-0.4, -0.2) is 41.9 Å². The van der Waals surface area contributed by atoms with Crippen LogP contribution in [0.5, 0.6) is 0 Å². The highest BCUT2D eigenvalue weighted by molar-refractivity contribution is 4.51. The predicted octanol–water partition coefficient (Wildman–Crippen LogP) is -1.36. The normalized spacial score (nSPS) is 13.6. The second-order valence-electron chi connectivity index (χ2n) is 3.53. The molecule has 2 nitrogen and oxygen atoms in total. The summed E-state index contributed by atoms with van der Waals surface area (Å²) in [5, 5.41) is 9.57. The molecular weight excluding hydrogens is 230 g/mol. The number of quaternary nitrogens is 1. The zero-order valence-electron chi connectivity index (χ0n) is 9.39. The number of likely N-dealkylation sites (N-methyl/N-ethyl adjacent to an activating group) is 1. The van der Waals surface area contributed by atoms with Crippen molar-refractivity contribution in [3.63, 3.8) is 0 Å². The van der Waals surface area contributed by atoms with E-state index in [9.17, 15) is 5.11 Å². The third-order valence-corrected chi connectivity index (χ3v) is 3.08. The Morgan fingerprint density at radius 2 is 1.38 bits per heavy atom. The average molecular weight is 254 g/mol. The van der Waals surface area contributed by atoms with E-state index in [1.165, 1.54) is 0 Å². The Hall–Kier alpha value is 0.400. The molecule has 0 aromatic heterocycles. The van der Waals surface area contributed by atoms with Gasteiger partial charge >= 0.3 is 0 Å². The molecule has 13 heavy (non-hydrogen) atoms. The van der Waals surface area contributed by atoms with E-state index >= 15 is 0 Å². The van der Waals surface area contributed by atoms with Crippen molar-refractivity contribution < 1.29 is 26.6 Å². The van der Waals surface area contributed by atoms with Gasteiger partial charge in [0, 0.05) is 0 Å².